The molecule has 1 aromatic carbocycles. The molecule has 0 unspecified atom stereocenters. The van der Waals surface area contributed by atoms with Gasteiger partial charge in [-0.1, -0.05) is 17.7 Å². The number of benzene rings is 1. The quantitative estimate of drug-likeness (QED) is 0.830. The van der Waals surface area contributed by atoms with Gasteiger partial charge in [0, 0.05) is 23.8 Å². The van der Waals surface area contributed by atoms with Crippen molar-refractivity contribution >= 4 is 21.6 Å². The summed E-state index contributed by atoms with van der Waals surface area (Å²) in [5.41, 5.74) is 0.565. The molecule has 8 heteroatoms. The molecule has 24 heavy (non-hydrogen) atoms. The summed E-state index contributed by atoms with van der Waals surface area (Å²) in [5.74, 6) is 1.08. The molecular formula is C16H18ClN3O3S. The Hall–Kier alpha value is -1.70. The summed E-state index contributed by atoms with van der Waals surface area (Å²) in [5, 5.41) is 0.444. The van der Waals surface area contributed by atoms with Crippen molar-refractivity contribution in [1.29, 1.82) is 0 Å². The Kier molecular flexibility index (Phi) is 4.76. The zero-order valence-corrected chi connectivity index (χ0v) is 15.0. The van der Waals surface area contributed by atoms with E-state index in [0.717, 1.165) is 0 Å². The van der Waals surface area contributed by atoms with Gasteiger partial charge in [0.05, 0.1) is 11.4 Å². The van der Waals surface area contributed by atoms with Gasteiger partial charge in [-0.2, -0.15) is 9.29 Å². The van der Waals surface area contributed by atoms with Crippen LogP contribution in [-0.2, 0) is 10.0 Å². The van der Waals surface area contributed by atoms with Crippen molar-refractivity contribution in [2.75, 3.05) is 13.1 Å². The van der Waals surface area contributed by atoms with E-state index in [0.29, 0.717) is 35.3 Å². The van der Waals surface area contributed by atoms with E-state index < -0.39 is 10.0 Å². The SMILES string of the molecule is Cc1nccc(O[C@@H]2CCN(S(=O)(=O)c3cccc(Cl)c3C)C2)n1. The number of rotatable bonds is 4. The van der Waals surface area contributed by atoms with Gasteiger partial charge in [-0.15, -0.1) is 0 Å². The molecule has 1 aliphatic rings. The van der Waals surface area contributed by atoms with E-state index in [4.69, 9.17) is 16.3 Å². The van der Waals surface area contributed by atoms with Crippen LogP contribution >= 0.6 is 11.6 Å². The summed E-state index contributed by atoms with van der Waals surface area (Å²) >= 11 is 6.06. The van der Waals surface area contributed by atoms with Gasteiger partial charge in [-0.3, -0.25) is 0 Å². The number of ether oxygens (including phenoxy) is 1. The number of hydrogen-bond donors (Lipinski definition) is 0. The molecule has 1 aliphatic heterocycles. The van der Waals surface area contributed by atoms with Crippen LogP contribution in [0.3, 0.4) is 0 Å². The molecule has 0 amide bonds. The van der Waals surface area contributed by atoms with Gasteiger partial charge in [0.25, 0.3) is 0 Å². The molecule has 2 heterocycles. The van der Waals surface area contributed by atoms with Gasteiger partial charge in [0.2, 0.25) is 15.9 Å². The minimum Gasteiger partial charge on any atom is -0.473 e. The molecule has 1 fully saturated rings. The van der Waals surface area contributed by atoms with Crippen molar-refractivity contribution in [3.63, 3.8) is 0 Å². The van der Waals surface area contributed by atoms with Crippen molar-refractivity contribution in [2.24, 2.45) is 0 Å². The molecule has 1 saturated heterocycles. The summed E-state index contributed by atoms with van der Waals surface area (Å²) in [6.45, 7) is 4.18. The smallest absolute Gasteiger partial charge is 0.243 e. The van der Waals surface area contributed by atoms with Crippen LogP contribution in [0.15, 0.2) is 35.4 Å². The normalized spacial score (nSPS) is 18.7. The van der Waals surface area contributed by atoms with Gasteiger partial charge in [0.15, 0.2) is 0 Å². The third-order valence-corrected chi connectivity index (χ3v) is 6.40. The van der Waals surface area contributed by atoms with Crippen molar-refractivity contribution in [3.05, 3.63) is 46.9 Å². The lowest BCUT2D eigenvalue weighted by molar-refractivity contribution is 0.206. The van der Waals surface area contributed by atoms with Crippen molar-refractivity contribution in [1.82, 2.24) is 14.3 Å². The molecule has 1 aromatic heterocycles. The highest BCUT2D eigenvalue weighted by Gasteiger charge is 2.34. The van der Waals surface area contributed by atoms with Crippen LogP contribution in [0, 0.1) is 13.8 Å². The Morgan fingerprint density at radius 3 is 2.83 bits per heavy atom. The Morgan fingerprint density at radius 1 is 1.29 bits per heavy atom. The van der Waals surface area contributed by atoms with Gasteiger partial charge in [-0.05, 0) is 38.0 Å². The van der Waals surface area contributed by atoms with Crippen LogP contribution in [0.4, 0.5) is 0 Å². The minimum atomic E-state index is -3.59. The maximum atomic E-state index is 12.8. The number of nitrogens with zero attached hydrogens (tertiary/aromatic N) is 3. The second-order valence-corrected chi connectivity index (χ2v) is 8.01. The first-order chi connectivity index (χ1) is 11.4. The molecule has 2 aromatic rings. The molecule has 0 saturated carbocycles. The predicted octanol–water partition coefficient (Wildman–Crippen LogP) is 2.59. The number of aromatic nitrogens is 2. The third kappa shape index (κ3) is 3.38. The topological polar surface area (TPSA) is 72.4 Å². The fourth-order valence-electron chi connectivity index (χ4n) is 2.69. The summed E-state index contributed by atoms with van der Waals surface area (Å²) in [6, 6.07) is 6.59. The van der Waals surface area contributed by atoms with Crippen LogP contribution in [0.2, 0.25) is 5.02 Å². The molecule has 0 bridgehead atoms. The zero-order chi connectivity index (χ0) is 17.3. The van der Waals surface area contributed by atoms with Crippen molar-refractivity contribution in [3.8, 4) is 5.88 Å². The second-order valence-electron chi connectivity index (χ2n) is 5.70. The molecular weight excluding hydrogens is 350 g/mol. The summed E-state index contributed by atoms with van der Waals surface area (Å²) < 4.78 is 32.9. The molecule has 3 rings (SSSR count). The maximum absolute atomic E-state index is 12.8. The molecule has 128 valence electrons. The summed E-state index contributed by atoms with van der Waals surface area (Å²) in [6.07, 6.45) is 2.01. The highest BCUT2D eigenvalue weighted by Crippen LogP contribution is 2.28. The fourth-order valence-corrected chi connectivity index (χ4v) is 4.65. The van der Waals surface area contributed by atoms with Crippen LogP contribution in [0.25, 0.3) is 0 Å². The van der Waals surface area contributed by atoms with E-state index in [1.807, 2.05) is 0 Å². The first-order valence-electron chi connectivity index (χ1n) is 7.59. The monoisotopic (exact) mass is 367 g/mol. The third-order valence-electron chi connectivity index (χ3n) is 3.98. The standard InChI is InChI=1S/C16H18ClN3O3S/c1-11-14(17)4-3-5-15(11)24(21,22)20-9-7-13(10-20)23-16-6-8-18-12(2)19-16/h3-6,8,13H,7,9-10H2,1-2H3/t13-/m1/s1. The highest BCUT2D eigenvalue weighted by molar-refractivity contribution is 7.89. The number of aryl methyl sites for hydroxylation is 1. The summed E-state index contributed by atoms with van der Waals surface area (Å²) in [7, 11) is -3.59. The van der Waals surface area contributed by atoms with Crippen LogP contribution in [0.5, 0.6) is 5.88 Å². The predicted molar refractivity (Wildman–Crippen MR) is 90.7 cm³/mol. The number of sulfonamides is 1. The molecule has 0 radical (unpaired) electrons. The van der Waals surface area contributed by atoms with E-state index in [2.05, 4.69) is 9.97 Å². The van der Waals surface area contributed by atoms with E-state index in [9.17, 15) is 8.42 Å². The highest BCUT2D eigenvalue weighted by atomic mass is 35.5. The van der Waals surface area contributed by atoms with E-state index in [1.165, 1.54) is 4.31 Å². The zero-order valence-electron chi connectivity index (χ0n) is 13.4. The lowest BCUT2D eigenvalue weighted by Crippen LogP contribution is -2.31. The fraction of sp³-hybridized carbons (Fsp3) is 0.375. The first kappa shape index (κ1) is 17.1. The van der Waals surface area contributed by atoms with Crippen molar-refractivity contribution in [2.45, 2.75) is 31.3 Å². The Balaban J connectivity index is 1.76. The first-order valence-corrected chi connectivity index (χ1v) is 9.41. The second kappa shape index (κ2) is 6.66. The van der Waals surface area contributed by atoms with Crippen molar-refractivity contribution < 1.29 is 13.2 Å². The van der Waals surface area contributed by atoms with Crippen LogP contribution in [-0.4, -0.2) is 41.9 Å². The van der Waals surface area contributed by atoms with Gasteiger partial charge >= 0.3 is 0 Å². The van der Waals surface area contributed by atoms with Gasteiger partial charge in [-0.25, -0.2) is 13.4 Å². The van der Waals surface area contributed by atoms with Crippen LogP contribution < -0.4 is 4.74 Å². The number of halogens is 1. The average Bonchev–Trinajstić information content (AvgIpc) is 2.99. The lowest BCUT2D eigenvalue weighted by Gasteiger charge is -2.18. The van der Waals surface area contributed by atoms with E-state index >= 15 is 0 Å². The molecule has 0 spiro atoms. The van der Waals surface area contributed by atoms with Gasteiger partial charge in [0.1, 0.15) is 11.9 Å². The summed E-state index contributed by atoms with van der Waals surface area (Å²) in [4.78, 5) is 8.45. The Bertz CT molecular complexity index is 857. The largest absolute Gasteiger partial charge is 0.473 e. The van der Waals surface area contributed by atoms with Gasteiger partial charge < -0.3 is 4.74 Å². The maximum Gasteiger partial charge on any atom is 0.243 e. The molecule has 0 N–H and O–H groups in total. The lowest BCUT2D eigenvalue weighted by atomic mass is 10.2. The molecule has 1 atom stereocenters. The number of hydrogen-bond acceptors (Lipinski definition) is 5. The Labute approximate surface area is 146 Å². The van der Waals surface area contributed by atoms with E-state index in [1.54, 1.807) is 44.3 Å². The van der Waals surface area contributed by atoms with E-state index in [-0.39, 0.29) is 17.5 Å². The van der Waals surface area contributed by atoms with Crippen LogP contribution in [0.1, 0.15) is 17.8 Å². The Morgan fingerprint density at radius 2 is 2.08 bits per heavy atom. The molecule has 0 aliphatic carbocycles. The molecule has 6 nitrogen and oxygen atoms in total. The average molecular weight is 368 g/mol. The minimum absolute atomic E-state index is 0.228.